The first-order valence-corrected chi connectivity index (χ1v) is 5.69. The van der Waals surface area contributed by atoms with Crippen molar-refractivity contribution < 1.29 is 4.42 Å². The fourth-order valence-electron chi connectivity index (χ4n) is 1.95. The number of aromatic nitrogens is 1. The molecule has 1 aromatic heterocycles. The number of nitrogens with one attached hydrogen (secondary N) is 3. The standard InChI is InChI=1S/C12H17N3O2/c1-13-6-5-9(14-2)8-3-4-11-10(7-8)15-12(16)17-11/h3-4,7,9,13-14H,5-6H2,1-2H3,(H,15,16). The van der Waals surface area contributed by atoms with E-state index in [1.54, 1.807) is 0 Å². The second-order valence-corrected chi connectivity index (χ2v) is 4.00. The number of rotatable bonds is 5. The highest BCUT2D eigenvalue weighted by Gasteiger charge is 2.10. The zero-order valence-electron chi connectivity index (χ0n) is 10.0. The third kappa shape index (κ3) is 2.57. The van der Waals surface area contributed by atoms with Gasteiger partial charge in [0, 0.05) is 6.04 Å². The summed E-state index contributed by atoms with van der Waals surface area (Å²) in [6.45, 7) is 0.936. The zero-order valence-corrected chi connectivity index (χ0v) is 10.0. The zero-order chi connectivity index (χ0) is 12.3. The van der Waals surface area contributed by atoms with Crippen LogP contribution in [0, 0.1) is 0 Å². The lowest BCUT2D eigenvalue weighted by Crippen LogP contribution is -2.21. The van der Waals surface area contributed by atoms with Crippen molar-refractivity contribution in [2.45, 2.75) is 12.5 Å². The number of H-pyrrole nitrogens is 1. The lowest BCUT2D eigenvalue weighted by atomic mass is 10.0. The summed E-state index contributed by atoms with van der Waals surface area (Å²) >= 11 is 0. The van der Waals surface area contributed by atoms with Crippen molar-refractivity contribution >= 4 is 11.1 Å². The van der Waals surface area contributed by atoms with E-state index in [1.807, 2.05) is 32.3 Å². The molecule has 0 saturated heterocycles. The molecule has 1 unspecified atom stereocenters. The van der Waals surface area contributed by atoms with E-state index in [9.17, 15) is 4.79 Å². The number of benzene rings is 1. The van der Waals surface area contributed by atoms with Gasteiger partial charge in [-0.3, -0.25) is 4.98 Å². The van der Waals surface area contributed by atoms with Gasteiger partial charge in [-0.1, -0.05) is 6.07 Å². The molecule has 2 rings (SSSR count). The normalized spacial score (nSPS) is 13.1. The van der Waals surface area contributed by atoms with Crippen LogP contribution in [0.3, 0.4) is 0 Å². The molecule has 3 N–H and O–H groups in total. The van der Waals surface area contributed by atoms with Gasteiger partial charge < -0.3 is 15.1 Å². The van der Waals surface area contributed by atoms with E-state index in [4.69, 9.17) is 4.42 Å². The lowest BCUT2D eigenvalue weighted by molar-refractivity contribution is 0.533. The summed E-state index contributed by atoms with van der Waals surface area (Å²) in [4.78, 5) is 13.7. The van der Waals surface area contributed by atoms with Gasteiger partial charge in [0.05, 0.1) is 5.52 Å². The molecule has 1 heterocycles. The Kier molecular flexibility index (Phi) is 3.61. The highest BCUT2D eigenvalue weighted by Crippen LogP contribution is 2.20. The molecular formula is C12H17N3O2. The van der Waals surface area contributed by atoms with Crippen LogP contribution in [0.15, 0.2) is 27.4 Å². The van der Waals surface area contributed by atoms with Crippen LogP contribution in [0.25, 0.3) is 11.1 Å². The average molecular weight is 235 g/mol. The SMILES string of the molecule is CNCCC(NC)c1ccc2oc(=O)[nH]c2c1. The summed E-state index contributed by atoms with van der Waals surface area (Å²) in [5.41, 5.74) is 2.49. The molecule has 0 saturated carbocycles. The van der Waals surface area contributed by atoms with Crippen LogP contribution in [0.1, 0.15) is 18.0 Å². The second kappa shape index (κ2) is 5.16. The largest absolute Gasteiger partial charge is 0.417 e. The number of oxazole rings is 1. The topological polar surface area (TPSA) is 70.1 Å². The van der Waals surface area contributed by atoms with Crippen LogP contribution >= 0.6 is 0 Å². The highest BCUT2D eigenvalue weighted by atomic mass is 16.4. The third-order valence-electron chi connectivity index (χ3n) is 2.88. The van der Waals surface area contributed by atoms with Crippen LogP contribution in [0.4, 0.5) is 0 Å². The Morgan fingerprint density at radius 2 is 2.24 bits per heavy atom. The summed E-state index contributed by atoms with van der Waals surface area (Å²) in [6.07, 6.45) is 0.987. The molecule has 0 spiro atoms. The van der Waals surface area contributed by atoms with E-state index < -0.39 is 5.76 Å². The summed E-state index contributed by atoms with van der Waals surface area (Å²) in [6, 6.07) is 6.03. The van der Waals surface area contributed by atoms with Gasteiger partial charge in [-0.05, 0) is 44.8 Å². The minimum absolute atomic E-state index is 0.269. The molecule has 0 fully saturated rings. The van der Waals surface area contributed by atoms with Gasteiger partial charge in [-0.25, -0.2) is 4.79 Å². The average Bonchev–Trinajstić information content (AvgIpc) is 2.69. The summed E-state index contributed by atoms with van der Waals surface area (Å²) in [5, 5.41) is 6.39. The predicted octanol–water partition coefficient (Wildman–Crippen LogP) is 0.991. The Bertz CT molecular complexity index is 544. The van der Waals surface area contributed by atoms with Gasteiger partial charge in [-0.2, -0.15) is 0 Å². The first-order chi connectivity index (χ1) is 8.24. The Balaban J connectivity index is 2.30. The molecule has 0 radical (unpaired) electrons. The molecule has 1 aromatic carbocycles. The van der Waals surface area contributed by atoms with E-state index in [0.717, 1.165) is 24.0 Å². The van der Waals surface area contributed by atoms with E-state index >= 15 is 0 Å². The number of fused-ring (bicyclic) bond motifs is 1. The van der Waals surface area contributed by atoms with Crippen molar-refractivity contribution in [1.29, 1.82) is 0 Å². The van der Waals surface area contributed by atoms with Gasteiger partial charge >= 0.3 is 5.76 Å². The second-order valence-electron chi connectivity index (χ2n) is 4.00. The molecule has 5 heteroatoms. The molecule has 0 bridgehead atoms. The molecule has 0 aliphatic heterocycles. The predicted molar refractivity (Wildman–Crippen MR) is 67.2 cm³/mol. The number of hydrogen-bond acceptors (Lipinski definition) is 4. The first kappa shape index (κ1) is 11.9. The van der Waals surface area contributed by atoms with Gasteiger partial charge in [0.2, 0.25) is 0 Å². The van der Waals surface area contributed by atoms with Crippen LogP contribution in [-0.4, -0.2) is 25.6 Å². The fraction of sp³-hybridized carbons (Fsp3) is 0.417. The van der Waals surface area contributed by atoms with Gasteiger partial charge in [0.25, 0.3) is 0 Å². The van der Waals surface area contributed by atoms with Crippen molar-refractivity contribution in [2.24, 2.45) is 0 Å². The first-order valence-electron chi connectivity index (χ1n) is 5.69. The fourth-order valence-corrected chi connectivity index (χ4v) is 1.95. The molecule has 2 aromatic rings. The quantitative estimate of drug-likeness (QED) is 0.723. The highest BCUT2D eigenvalue weighted by molar-refractivity contribution is 5.72. The lowest BCUT2D eigenvalue weighted by Gasteiger charge is -2.16. The molecule has 5 nitrogen and oxygen atoms in total. The molecule has 17 heavy (non-hydrogen) atoms. The van der Waals surface area contributed by atoms with Gasteiger partial charge in [0.1, 0.15) is 0 Å². The minimum Gasteiger partial charge on any atom is -0.408 e. The maximum Gasteiger partial charge on any atom is 0.417 e. The maximum atomic E-state index is 11.1. The smallest absolute Gasteiger partial charge is 0.408 e. The summed E-state index contributed by atoms with van der Waals surface area (Å²) < 4.78 is 4.97. The van der Waals surface area contributed by atoms with Crippen LogP contribution < -0.4 is 16.4 Å². The van der Waals surface area contributed by atoms with Crippen molar-refractivity contribution in [3.05, 3.63) is 34.3 Å². The van der Waals surface area contributed by atoms with Crippen molar-refractivity contribution in [2.75, 3.05) is 20.6 Å². The van der Waals surface area contributed by atoms with Gasteiger partial charge in [0.15, 0.2) is 5.58 Å². The van der Waals surface area contributed by atoms with Crippen molar-refractivity contribution in [3.63, 3.8) is 0 Å². The maximum absolute atomic E-state index is 11.1. The summed E-state index contributed by atoms with van der Waals surface area (Å²) in [7, 11) is 3.87. The number of aromatic amines is 1. The van der Waals surface area contributed by atoms with E-state index in [2.05, 4.69) is 15.6 Å². The van der Waals surface area contributed by atoms with E-state index in [1.165, 1.54) is 0 Å². The Morgan fingerprint density at radius 1 is 1.41 bits per heavy atom. The molecule has 92 valence electrons. The Labute approximate surface area is 99.2 Å². The monoisotopic (exact) mass is 235 g/mol. The Hall–Kier alpha value is -1.59. The third-order valence-corrected chi connectivity index (χ3v) is 2.88. The number of hydrogen-bond donors (Lipinski definition) is 3. The van der Waals surface area contributed by atoms with Crippen molar-refractivity contribution in [1.82, 2.24) is 15.6 Å². The van der Waals surface area contributed by atoms with E-state index in [-0.39, 0.29) is 6.04 Å². The Morgan fingerprint density at radius 3 is 2.94 bits per heavy atom. The van der Waals surface area contributed by atoms with E-state index in [0.29, 0.717) is 5.58 Å². The van der Waals surface area contributed by atoms with Crippen LogP contribution in [-0.2, 0) is 0 Å². The molecule has 0 aliphatic rings. The molecular weight excluding hydrogens is 218 g/mol. The van der Waals surface area contributed by atoms with Gasteiger partial charge in [-0.15, -0.1) is 0 Å². The van der Waals surface area contributed by atoms with Crippen molar-refractivity contribution in [3.8, 4) is 0 Å². The van der Waals surface area contributed by atoms with Crippen LogP contribution in [0.2, 0.25) is 0 Å². The summed E-state index contributed by atoms with van der Waals surface area (Å²) in [5.74, 6) is -0.409. The molecule has 0 aliphatic carbocycles. The van der Waals surface area contributed by atoms with Crippen LogP contribution in [0.5, 0.6) is 0 Å². The minimum atomic E-state index is -0.409. The molecule has 1 atom stereocenters. The molecule has 0 amide bonds.